The van der Waals surface area contributed by atoms with E-state index in [-0.39, 0.29) is 41.2 Å². The summed E-state index contributed by atoms with van der Waals surface area (Å²) in [4.78, 5) is 30.1. The molecule has 0 aliphatic heterocycles. The Bertz CT molecular complexity index is 1780. The molecular formula is C37H40FN3O6S. The number of benzene rings is 4. The van der Waals surface area contributed by atoms with Gasteiger partial charge in [0.05, 0.1) is 24.8 Å². The van der Waals surface area contributed by atoms with Crippen LogP contribution in [0.1, 0.15) is 36.8 Å². The molecule has 1 atom stereocenters. The van der Waals surface area contributed by atoms with Crippen molar-refractivity contribution in [2.45, 2.75) is 55.6 Å². The van der Waals surface area contributed by atoms with Crippen molar-refractivity contribution in [3.05, 3.63) is 120 Å². The lowest BCUT2D eigenvalue weighted by atomic mass is 10.0. The van der Waals surface area contributed by atoms with Crippen LogP contribution in [0.25, 0.3) is 0 Å². The summed E-state index contributed by atoms with van der Waals surface area (Å²) < 4.78 is 54.3. The van der Waals surface area contributed by atoms with E-state index in [2.05, 4.69) is 5.32 Å². The summed E-state index contributed by atoms with van der Waals surface area (Å²) in [7, 11) is -1.44. The first-order chi connectivity index (χ1) is 23.2. The molecule has 4 aromatic rings. The minimum Gasteiger partial charge on any atom is -0.497 e. The maximum Gasteiger partial charge on any atom is 0.264 e. The van der Waals surface area contributed by atoms with Crippen LogP contribution in [0.3, 0.4) is 0 Å². The molecule has 1 aliphatic rings. The molecule has 0 unspecified atom stereocenters. The van der Waals surface area contributed by atoms with E-state index in [9.17, 15) is 22.4 Å². The Morgan fingerprint density at radius 2 is 1.48 bits per heavy atom. The predicted molar refractivity (Wildman–Crippen MR) is 182 cm³/mol. The lowest BCUT2D eigenvalue weighted by molar-refractivity contribution is -0.140. The van der Waals surface area contributed by atoms with E-state index >= 15 is 0 Å². The Morgan fingerprint density at radius 1 is 0.833 bits per heavy atom. The molecule has 11 heteroatoms. The Kier molecular flexibility index (Phi) is 11.3. The fourth-order valence-corrected chi connectivity index (χ4v) is 7.36. The zero-order valence-corrected chi connectivity index (χ0v) is 27.9. The number of hydrogen-bond acceptors (Lipinski definition) is 6. The van der Waals surface area contributed by atoms with Crippen LogP contribution in [-0.2, 0) is 32.6 Å². The van der Waals surface area contributed by atoms with Crippen molar-refractivity contribution in [2.24, 2.45) is 0 Å². The van der Waals surface area contributed by atoms with Gasteiger partial charge in [-0.2, -0.15) is 0 Å². The molecule has 0 radical (unpaired) electrons. The minimum atomic E-state index is -4.34. The molecular weight excluding hydrogens is 633 g/mol. The number of para-hydroxylation sites is 2. The molecule has 1 saturated carbocycles. The Labute approximate surface area is 281 Å². The maximum absolute atomic E-state index is 14.7. The summed E-state index contributed by atoms with van der Waals surface area (Å²) in [5, 5.41) is 3.14. The highest BCUT2D eigenvalue weighted by Gasteiger charge is 2.36. The van der Waals surface area contributed by atoms with E-state index in [0.29, 0.717) is 11.3 Å². The number of carbonyl (C=O) groups excluding carboxylic acids is 2. The molecule has 4 aromatic carbocycles. The second-order valence-electron chi connectivity index (χ2n) is 11.7. The first kappa shape index (κ1) is 34.4. The number of amides is 2. The highest BCUT2D eigenvalue weighted by molar-refractivity contribution is 7.92. The molecule has 0 aromatic heterocycles. The van der Waals surface area contributed by atoms with Gasteiger partial charge in [-0.05, 0) is 72.5 Å². The quantitative estimate of drug-likeness (QED) is 0.183. The summed E-state index contributed by atoms with van der Waals surface area (Å²) in [5.74, 6) is -0.680. The molecule has 5 rings (SSSR count). The highest BCUT2D eigenvalue weighted by atomic mass is 32.2. The van der Waals surface area contributed by atoms with Gasteiger partial charge in [0.25, 0.3) is 10.0 Å². The van der Waals surface area contributed by atoms with Crippen LogP contribution in [-0.4, -0.2) is 58.0 Å². The van der Waals surface area contributed by atoms with Gasteiger partial charge in [-0.3, -0.25) is 13.9 Å². The van der Waals surface area contributed by atoms with Crippen LogP contribution in [0.4, 0.5) is 10.1 Å². The van der Waals surface area contributed by atoms with Crippen molar-refractivity contribution in [2.75, 3.05) is 25.1 Å². The molecule has 1 aliphatic carbocycles. The molecule has 2 amide bonds. The minimum absolute atomic E-state index is 0.0147. The van der Waals surface area contributed by atoms with Crippen LogP contribution >= 0.6 is 0 Å². The van der Waals surface area contributed by atoms with Crippen LogP contribution in [0.15, 0.2) is 108 Å². The zero-order valence-electron chi connectivity index (χ0n) is 27.0. The van der Waals surface area contributed by atoms with Gasteiger partial charge in [-0.15, -0.1) is 0 Å². The van der Waals surface area contributed by atoms with Crippen LogP contribution < -0.4 is 19.1 Å². The van der Waals surface area contributed by atoms with E-state index in [1.54, 1.807) is 36.4 Å². The number of nitrogens with zero attached hydrogens (tertiary/aromatic N) is 2. The van der Waals surface area contributed by atoms with Crippen molar-refractivity contribution in [3.63, 3.8) is 0 Å². The summed E-state index contributed by atoms with van der Waals surface area (Å²) in [5.41, 5.74) is 1.56. The van der Waals surface area contributed by atoms with Gasteiger partial charge in [0.1, 0.15) is 29.9 Å². The van der Waals surface area contributed by atoms with Crippen LogP contribution in [0.5, 0.6) is 11.5 Å². The zero-order chi connectivity index (χ0) is 34.1. The number of hydrogen-bond donors (Lipinski definition) is 1. The molecule has 0 saturated heterocycles. The number of halogens is 1. The fraction of sp³-hybridized carbons (Fsp3) is 0.297. The third-order valence-electron chi connectivity index (χ3n) is 8.52. The smallest absolute Gasteiger partial charge is 0.264 e. The van der Waals surface area contributed by atoms with Gasteiger partial charge in [0.15, 0.2) is 0 Å². The maximum atomic E-state index is 14.7. The van der Waals surface area contributed by atoms with E-state index in [0.717, 1.165) is 35.6 Å². The Morgan fingerprint density at radius 3 is 2.12 bits per heavy atom. The van der Waals surface area contributed by atoms with E-state index in [1.165, 1.54) is 55.5 Å². The topological polar surface area (TPSA) is 105 Å². The van der Waals surface area contributed by atoms with E-state index in [1.807, 2.05) is 30.3 Å². The molecule has 0 spiro atoms. The molecule has 0 bridgehead atoms. The number of anilines is 1. The lowest BCUT2D eigenvalue weighted by Crippen LogP contribution is -2.54. The van der Waals surface area contributed by atoms with Crippen molar-refractivity contribution < 1.29 is 31.9 Å². The first-order valence-electron chi connectivity index (χ1n) is 15.9. The fourth-order valence-electron chi connectivity index (χ4n) is 5.93. The third kappa shape index (κ3) is 8.32. The summed E-state index contributed by atoms with van der Waals surface area (Å²) in [6.45, 7) is -0.699. The molecule has 48 heavy (non-hydrogen) atoms. The number of ether oxygens (including phenoxy) is 2. The van der Waals surface area contributed by atoms with Gasteiger partial charge >= 0.3 is 0 Å². The monoisotopic (exact) mass is 673 g/mol. The number of methoxy groups -OCH3 is 2. The van der Waals surface area contributed by atoms with Gasteiger partial charge < -0.3 is 19.7 Å². The number of nitrogens with one attached hydrogen (secondary N) is 1. The largest absolute Gasteiger partial charge is 0.497 e. The molecule has 252 valence electrons. The standard InChI is InChI=1S/C37H40FN3O6S/c1-46-31-20-22-32(23-21-31)48(44,45)41(33-14-8-9-15-35(33)47-2)26-36(42)40(25-28-16-18-29(38)19-17-28)34(24-27-10-4-3-5-11-27)37(43)39-30-12-6-7-13-30/h3-5,8-11,14-23,30,34H,6-7,12-13,24-26H2,1-2H3,(H,39,43)/t34-/m0/s1. The SMILES string of the molecule is COc1ccc(S(=O)(=O)N(CC(=O)N(Cc2ccc(F)cc2)[C@@H](Cc2ccccc2)C(=O)NC2CCCC2)c2ccccc2OC)cc1. The lowest BCUT2D eigenvalue weighted by Gasteiger charge is -2.34. The normalized spacial score (nSPS) is 13.8. The average molecular weight is 674 g/mol. The second-order valence-corrected chi connectivity index (χ2v) is 13.6. The molecule has 1 N–H and O–H groups in total. The second kappa shape index (κ2) is 15.8. The number of carbonyl (C=O) groups is 2. The Hall–Kier alpha value is -4.90. The summed E-state index contributed by atoms with van der Waals surface area (Å²) in [6.07, 6.45) is 3.88. The third-order valence-corrected chi connectivity index (χ3v) is 10.3. The summed E-state index contributed by atoms with van der Waals surface area (Å²) >= 11 is 0. The van der Waals surface area contributed by atoms with Gasteiger partial charge in [0, 0.05) is 19.0 Å². The van der Waals surface area contributed by atoms with Gasteiger partial charge in [0.2, 0.25) is 11.8 Å². The molecule has 0 heterocycles. The van der Waals surface area contributed by atoms with E-state index in [4.69, 9.17) is 9.47 Å². The summed E-state index contributed by atoms with van der Waals surface area (Å²) in [6, 6.07) is 26.4. The average Bonchev–Trinajstić information content (AvgIpc) is 3.62. The van der Waals surface area contributed by atoms with Gasteiger partial charge in [-0.25, -0.2) is 12.8 Å². The number of rotatable bonds is 14. The number of sulfonamides is 1. The highest BCUT2D eigenvalue weighted by Crippen LogP contribution is 2.33. The predicted octanol–water partition coefficient (Wildman–Crippen LogP) is 5.74. The van der Waals surface area contributed by atoms with Crippen molar-refractivity contribution in [1.29, 1.82) is 0 Å². The van der Waals surface area contributed by atoms with E-state index < -0.39 is 34.3 Å². The van der Waals surface area contributed by atoms with Crippen LogP contribution in [0.2, 0.25) is 0 Å². The molecule has 9 nitrogen and oxygen atoms in total. The van der Waals surface area contributed by atoms with Gasteiger partial charge in [-0.1, -0.05) is 67.4 Å². The van der Waals surface area contributed by atoms with Crippen molar-refractivity contribution in [1.82, 2.24) is 10.2 Å². The van der Waals surface area contributed by atoms with Crippen molar-refractivity contribution in [3.8, 4) is 11.5 Å². The first-order valence-corrected chi connectivity index (χ1v) is 17.3. The van der Waals surface area contributed by atoms with Crippen LogP contribution in [0, 0.1) is 5.82 Å². The molecule has 1 fully saturated rings. The van der Waals surface area contributed by atoms with Crippen molar-refractivity contribution >= 4 is 27.5 Å². The Balaban J connectivity index is 1.58.